The lowest BCUT2D eigenvalue weighted by Crippen LogP contribution is -2.04. The highest BCUT2D eigenvalue weighted by atomic mass is 19.3. The van der Waals surface area contributed by atoms with Crippen molar-refractivity contribution in [3.8, 4) is 17.2 Å². The molecule has 0 heterocycles. The summed E-state index contributed by atoms with van der Waals surface area (Å²) in [6.45, 7) is -5.92. The summed E-state index contributed by atoms with van der Waals surface area (Å²) in [7, 11) is 1.26. The molecule has 0 aliphatic rings. The van der Waals surface area contributed by atoms with Crippen LogP contribution in [0.3, 0.4) is 0 Å². The number of benzene rings is 2. The highest BCUT2D eigenvalue weighted by molar-refractivity contribution is 6.07. The minimum Gasteiger partial charge on any atom is -0.493 e. The summed E-state index contributed by atoms with van der Waals surface area (Å²) < 4.78 is 62.2. The van der Waals surface area contributed by atoms with Crippen molar-refractivity contribution < 1.29 is 36.6 Å². The summed E-state index contributed by atoms with van der Waals surface area (Å²) in [6.07, 6.45) is 2.73. The molecule has 0 bridgehead atoms. The van der Waals surface area contributed by atoms with Gasteiger partial charge in [0.2, 0.25) is 0 Å². The van der Waals surface area contributed by atoms with E-state index in [1.165, 1.54) is 61.7 Å². The molecule has 26 heavy (non-hydrogen) atoms. The lowest BCUT2D eigenvalue weighted by atomic mass is 10.1. The van der Waals surface area contributed by atoms with E-state index in [1.807, 2.05) is 0 Å². The molecule has 0 unspecified atom stereocenters. The zero-order valence-corrected chi connectivity index (χ0v) is 13.5. The average molecular weight is 370 g/mol. The van der Waals surface area contributed by atoms with Crippen molar-refractivity contribution in [3.05, 3.63) is 59.7 Å². The summed E-state index contributed by atoms with van der Waals surface area (Å²) in [5, 5.41) is 0. The van der Waals surface area contributed by atoms with Crippen LogP contribution in [0, 0.1) is 0 Å². The molecule has 0 radical (unpaired) electrons. The molecule has 0 aliphatic carbocycles. The summed E-state index contributed by atoms with van der Waals surface area (Å²) in [4.78, 5) is 12.2. The second-order valence-corrected chi connectivity index (χ2v) is 4.89. The number of rotatable bonds is 8. The SMILES string of the molecule is COc1cc(C(=O)/C=C/c2ccc(OC(F)F)cc2)ccc1OC(F)F. The fraction of sp³-hybridized carbons (Fsp3) is 0.167. The Kier molecular flexibility index (Phi) is 6.60. The Morgan fingerprint density at radius 3 is 2.15 bits per heavy atom. The third-order valence-electron chi connectivity index (χ3n) is 3.20. The number of methoxy groups -OCH3 is 1. The molecule has 2 aromatic carbocycles. The second-order valence-electron chi connectivity index (χ2n) is 4.89. The van der Waals surface area contributed by atoms with E-state index < -0.39 is 19.0 Å². The molecule has 0 aliphatic heterocycles. The number of ketones is 1. The van der Waals surface area contributed by atoms with Crippen molar-refractivity contribution in [2.45, 2.75) is 13.2 Å². The van der Waals surface area contributed by atoms with Gasteiger partial charge in [-0.05, 0) is 42.0 Å². The first-order valence-electron chi connectivity index (χ1n) is 7.29. The predicted octanol–water partition coefficient (Wildman–Crippen LogP) is 4.79. The zero-order valence-electron chi connectivity index (χ0n) is 13.5. The molecule has 0 spiro atoms. The third kappa shape index (κ3) is 5.51. The average Bonchev–Trinajstić information content (AvgIpc) is 2.60. The highest BCUT2D eigenvalue weighted by Gasteiger charge is 2.13. The maximum absolute atomic E-state index is 12.3. The Balaban J connectivity index is 2.10. The number of halogens is 4. The van der Waals surface area contributed by atoms with Crippen LogP contribution in [-0.4, -0.2) is 26.1 Å². The van der Waals surface area contributed by atoms with Gasteiger partial charge < -0.3 is 14.2 Å². The number of hydrogen-bond donors (Lipinski definition) is 0. The van der Waals surface area contributed by atoms with Gasteiger partial charge in [-0.1, -0.05) is 18.2 Å². The van der Waals surface area contributed by atoms with E-state index in [9.17, 15) is 22.4 Å². The molecule has 138 valence electrons. The molecule has 4 nitrogen and oxygen atoms in total. The van der Waals surface area contributed by atoms with E-state index in [0.717, 1.165) is 0 Å². The quantitative estimate of drug-likeness (QED) is 0.381. The van der Waals surface area contributed by atoms with Gasteiger partial charge in [0.05, 0.1) is 7.11 Å². The number of allylic oxidation sites excluding steroid dienone is 1. The topological polar surface area (TPSA) is 44.8 Å². The minimum absolute atomic E-state index is 0.00180. The fourth-order valence-electron chi connectivity index (χ4n) is 2.04. The zero-order chi connectivity index (χ0) is 19.1. The molecular weight excluding hydrogens is 356 g/mol. The summed E-state index contributed by atoms with van der Waals surface area (Å²) >= 11 is 0. The molecule has 8 heteroatoms. The summed E-state index contributed by atoms with van der Waals surface area (Å²) in [6, 6.07) is 9.51. The Morgan fingerprint density at radius 1 is 0.923 bits per heavy atom. The van der Waals surface area contributed by atoms with Gasteiger partial charge in [0, 0.05) is 5.56 Å². The molecule has 0 aromatic heterocycles. The molecule has 2 aromatic rings. The van der Waals surface area contributed by atoms with Gasteiger partial charge in [0.15, 0.2) is 17.3 Å². The van der Waals surface area contributed by atoms with Crippen LogP contribution in [0.5, 0.6) is 17.2 Å². The molecule has 0 N–H and O–H groups in total. The van der Waals surface area contributed by atoms with E-state index in [2.05, 4.69) is 9.47 Å². The number of ether oxygens (including phenoxy) is 3. The van der Waals surface area contributed by atoms with Crippen LogP contribution in [-0.2, 0) is 0 Å². The second kappa shape index (κ2) is 8.89. The Morgan fingerprint density at radius 2 is 1.58 bits per heavy atom. The smallest absolute Gasteiger partial charge is 0.387 e. The van der Waals surface area contributed by atoms with Crippen LogP contribution in [0.15, 0.2) is 48.5 Å². The first kappa shape index (κ1) is 19.3. The maximum atomic E-state index is 12.3. The van der Waals surface area contributed by atoms with E-state index in [0.29, 0.717) is 5.56 Å². The van der Waals surface area contributed by atoms with Crippen LogP contribution in [0.25, 0.3) is 6.08 Å². The first-order valence-corrected chi connectivity index (χ1v) is 7.29. The Hall–Kier alpha value is -3.03. The van der Waals surface area contributed by atoms with Gasteiger partial charge in [-0.15, -0.1) is 0 Å². The minimum atomic E-state index is -3.01. The van der Waals surface area contributed by atoms with Gasteiger partial charge >= 0.3 is 13.2 Å². The highest BCUT2D eigenvalue weighted by Crippen LogP contribution is 2.29. The van der Waals surface area contributed by atoms with Crippen LogP contribution in [0.4, 0.5) is 17.6 Å². The van der Waals surface area contributed by atoms with Gasteiger partial charge in [0.1, 0.15) is 5.75 Å². The number of carbonyl (C=O) groups is 1. The van der Waals surface area contributed by atoms with Crippen molar-refractivity contribution in [1.29, 1.82) is 0 Å². The van der Waals surface area contributed by atoms with Gasteiger partial charge in [-0.25, -0.2) is 0 Å². The van der Waals surface area contributed by atoms with Crippen LogP contribution < -0.4 is 14.2 Å². The van der Waals surface area contributed by atoms with Gasteiger partial charge in [-0.2, -0.15) is 17.6 Å². The van der Waals surface area contributed by atoms with Crippen molar-refractivity contribution in [1.82, 2.24) is 0 Å². The fourth-order valence-corrected chi connectivity index (χ4v) is 2.04. The van der Waals surface area contributed by atoms with Crippen molar-refractivity contribution >= 4 is 11.9 Å². The summed E-state index contributed by atoms with van der Waals surface area (Å²) in [5.74, 6) is -0.585. The number of hydrogen-bond acceptors (Lipinski definition) is 4. The normalized spacial score (nSPS) is 11.2. The monoisotopic (exact) mass is 370 g/mol. The van der Waals surface area contributed by atoms with E-state index in [4.69, 9.17) is 4.74 Å². The predicted molar refractivity (Wildman–Crippen MR) is 86.1 cm³/mol. The number of carbonyl (C=O) groups excluding carboxylic acids is 1. The molecule has 0 amide bonds. The largest absolute Gasteiger partial charge is 0.493 e. The molecule has 0 saturated heterocycles. The standard InChI is InChI=1S/C18H14F4O4/c1-24-16-10-12(5-9-15(16)26-18(21)22)14(23)8-4-11-2-6-13(7-3-11)25-17(19)20/h2-10,17-18H,1H3/b8-4+. The van der Waals surface area contributed by atoms with Gasteiger partial charge in [-0.3, -0.25) is 4.79 Å². The lowest BCUT2D eigenvalue weighted by Gasteiger charge is -2.10. The van der Waals surface area contributed by atoms with Crippen LogP contribution >= 0.6 is 0 Å². The molecule has 0 atom stereocenters. The lowest BCUT2D eigenvalue weighted by molar-refractivity contribution is -0.0514. The van der Waals surface area contributed by atoms with E-state index in [1.54, 1.807) is 0 Å². The Bertz CT molecular complexity index is 773. The van der Waals surface area contributed by atoms with Crippen molar-refractivity contribution in [2.75, 3.05) is 7.11 Å². The summed E-state index contributed by atoms with van der Waals surface area (Å²) in [5.41, 5.74) is 0.793. The molecule has 0 saturated carbocycles. The Labute approximate surface area is 146 Å². The van der Waals surface area contributed by atoms with E-state index in [-0.39, 0.29) is 22.8 Å². The molecular formula is C18H14F4O4. The maximum Gasteiger partial charge on any atom is 0.387 e. The van der Waals surface area contributed by atoms with Crippen LogP contribution in [0.2, 0.25) is 0 Å². The number of alkyl halides is 4. The third-order valence-corrected chi connectivity index (χ3v) is 3.20. The molecule has 0 fully saturated rings. The van der Waals surface area contributed by atoms with E-state index >= 15 is 0 Å². The van der Waals surface area contributed by atoms with Crippen molar-refractivity contribution in [2.24, 2.45) is 0 Å². The van der Waals surface area contributed by atoms with Crippen LogP contribution in [0.1, 0.15) is 15.9 Å². The first-order chi connectivity index (χ1) is 12.4. The van der Waals surface area contributed by atoms with Gasteiger partial charge in [0.25, 0.3) is 0 Å². The van der Waals surface area contributed by atoms with Crippen molar-refractivity contribution in [3.63, 3.8) is 0 Å². The molecule has 2 rings (SSSR count).